The summed E-state index contributed by atoms with van der Waals surface area (Å²) in [6.45, 7) is 0.632. The Bertz CT molecular complexity index is 1080. The van der Waals surface area contributed by atoms with Crippen molar-refractivity contribution in [3.05, 3.63) is 28.0 Å². The Balaban J connectivity index is 1.45. The molecule has 1 saturated heterocycles. The van der Waals surface area contributed by atoms with E-state index in [0.29, 0.717) is 46.4 Å². The second kappa shape index (κ2) is 9.98. The number of fused-ring (bicyclic) bond motifs is 1. The second-order valence-electron chi connectivity index (χ2n) is 8.60. The van der Waals surface area contributed by atoms with Gasteiger partial charge in [-0.25, -0.2) is 4.98 Å². The molecule has 1 aromatic carbocycles. The third kappa shape index (κ3) is 5.57. The first kappa shape index (κ1) is 23.3. The lowest BCUT2D eigenvalue weighted by Crippen LogP contribution is -2.50. The zero-order chi connectivity index (χ0) is 23.5. The maximum Gasteiger partial charge on any atom is 0.287 e. The molecule has 1 aliphatic carbocycles. The normalized spacial score (nSPS) is 19.9. The van der Waals surface area contributed by atoms with E-state index in [1.165, 1.54) is 0 Å². The molecule has 3 amide bonds. The fraction of sp³-hybridized carbons (Fsp3) is 0.500. The first-order valence-electron chi connectivity index (χ1n) is 11.0. The lowest BCUT2D eigenvalue weighted by atomic mass is 9.92. The molecule has 174 valence electrons. The van der Waals surface area contributed by atoms with Crippen LogP contribution in [0.2, 0.25) is 10.0 Å². The molecule has 0 spiro atoms. The highest BCUT2D eigenvalue weighted by Crippen LogP contribution is 2.34. The standard InChI is InChI=1S/C22H24Cl2N6O3/c23-14-5-6-15(24)18-17(14)29-19(30-18)22(33)28-16(8-11-3-4-11)21(32)27-13(10-25)9-12-2-1-7-26-20(12)31/h5-6,11-13,16H,1-4,7-9H2,(H,26,31)(H,27,32)(H,28,33)(H,29,30)/t12-,13?,16?/m0/s1. The number of benzene rings is 1. The summed E-state index contributed by atoms with van der Waals surface area (Å²) in [5, 5.41) is 18.5. The first-order chi connectivity index (χ1) is 15.9. The average Bonchev–Trinajstić information content (AvgIpc) is 3.49. The maximum absolute atomic E-state index is 13.0. The summed E-state index contributed by atoms with van der Waals surface area (Å²) in [6, 6.07) is 3.60. The number of imidazole rings is 1. The molecule has 9 nitrogen and oxygen atoms in total. The van der Waals surface area contributed by atoms with Gasteiger partial charge in [-0.05, 0) is 43.7 Å². The molecule has 4 rings (SSSR count). The number of nitrogens with one attached hydrogen (secondary N) is 4. The van der Waals surface area contributed by atoms with E-state index in [9.17, 15) is 19.6 Å². The second-order valence-corrected chi connectivity index (χ2v) is 9.41. The van der Waals surface area contributed by atoms with Crippen molar-refractivity contribution < 1.29 is 14.4 Å². The number of amides is 3. The molecule has 1 aromatic heterocycles. The van der Waals surface area contributed by atoms with Crippen molar-refractivity contribution in [2.24, 2.45) is 11.8 Å². The predicted molar refractivity (Wildman–Crippen MR) is 123 cm³/mol. The van der Waals surface area contributed by atoms with Crippen LogP contribution in [0.3, 0.4) is 0 Å². The van der Waals surface area contributed by atoms with Crippen molar-refractivity contribution in [1.29, 1.82) is 5.26 Å². The number of nitriles is 1. The van der Waals surface area contributed by atoms with Gasteiger partial charge in [0.2, 0.25) is 11.8 Å². The van der Waals surface area contributed by atoms with Crippen LogP contribution in [0.4, 0.5) is 0 Å². The van der Waals surface area contributed by atoms with Gasteiger partial charge in [0.25, 0.3) is 5.91 Å². The van der Waals surface area contributed by atoms with Crippen molar-refractivity contribution in [3.63, 3.8) is 0 Å². The summed E-state index contributed by atoms with van der Waals surface area (Å²) in [4.78, 5) is 45.0. The molecule has 2 heterocycles. The Kier molecular flexibility index (Phi) is 7.05. The molecule has 2 aliphatic rings. The van der Waals surface area contributed by atoms with E-state index in [2.05, 4.69) is 32.0 Å². The van der Waals surface area contributed by atoms with Gasteiger partial charge in [0.1, 0.15) is 17.6 Å². The largest absolute Gasteiger partial charge is 0.356 e. The SMILES string of the molecule is N#CC(C[C@@H]1CCCNC1=O)NC(=O)C(CC1CC1)NC(=O)c1nc2c(Cl)ccc(Cl)c2[nH]1. The number of halogens is 2. The highest BCUT2D eigenvalue weighted by Gasteiger charge is 2.33. The van der Waals surface area contributed by atoms with E-state index in [1.807, 2.05) is 0 Å². The van der Waals surface area contributed by atoms with Crippen LogP contribution in [0.15, 0.2) is 12.1 Å². The molecule has 3 atom stereocenters. The first-order valence-corrected chi connectivity index (χ1v) is 11.7. The number of piperidine rings is 1. The monoisotopic (exact) mass is 490 g/mol. The molecule has 1 aliphatic heterocycles. The Morgan fingerprint density at radius 1 is 1.18 bits per heavy atom. The number of rotatable bonds is 8. The minimum atomic E-state index is -0.833. The summed E-state index contributed by atoms with van der Waals surface area (Å²) in [6.07, 6.45) is 4.19. The minimum absolute atomic E-state index is 0.00990. The number of aromatic amines is 1. The predicted octanol–water partition coefficient (Wildman–Crippen LogP) is 2.69. The molecule has 2 fully saturated rings. The van der Waals surface area contributed by atoms with E-state index in [-0.39, 0.29) is 24.1 Å². The van der Waals surface area contributed by atoms with Gasteiger partial charge < -0.3 is 20.9 Å². The van der Waals surface area contributed by atoms with Gasteiger partial charge in [-0.15, -0.1) is 0 Å². The highest BCUT2D eigenvalue weighted by molar-refractivity contribution is 6.39. The lowest BCUT2D eigenvalue weighted by Gasteiger charge is -2.25. The molecule has 1 saturated carbocycles. The average molecular weight is 491 g/mol. The summed E-state index contributed by atoms with van der Waals surface area (Å²) in [5.41, 5.74) is 0.806. The zero-order valence-corrected chi connectivity index (χ0v) is 19.3. The van der Waals surface area contributed by atoms with Crippen molar-refractivity contribution in [3.8, 4) is 6.07 Å². The molecule has 0 radical (unpaired) electrons. The number of carbonyl (C=O) groups is 3. The fourth-order valence-corrected chi connectivity index (χ4v) is 4.44. The molecule has 0 bridgehead atoms. The van der Waals surface area contributed by atoms with Crippen LogP contribution in [-0.2, 0) is 9.59 Å². The Labute approximate surface area is 200 Å². The quantitative estimate of drug-likeness (QED) is 0.450. The van der Waals surface area contributed by atoms with E-state index in [4.69, 9.17) is 23.2 Å². The molecule has 2 unspecified atom stereocenters. The third-order valence-electron chi connectivity index (χ3n) is 6.04. The van der Waals surface area contributed by atoms with Crippen LogP contribution in [0.1, 0.15) is 49.1 Å². The number of H-pyrrole nitrogens is 1. The molecule has 11 heteroatoms. The smallest absolute Gasteiger partial charge is 0.287 e. The molecule has 33 heavy (non-hydrogen) atoms. The van der Waals surface area contributed by atoms with Crippen LogP contribution in [0.5, 0.6) is 0 Å². The van der Waals surface area contributed by atoms with Crippen LogP contribution >= 0.6 is 23.2 Å². The van der Waals surface area contributed by atoms with E-state index in [1.54, 1.807) is 12.1 Å². The van der Waals surface area contributed by atoms with Gasteiger partial charge in [0.15, 0.2) is 5.82 Å². The summed E-state index contributed by atoms with van der Waals surface area (Å²) < 4.78 is 0. The van der Waals surface area contributed by atoms with Gasteiger partial charge in [-0.3, -0.25) is 14.4 Å². The molecular weight excluding hydrogens is 467 g/mol. The van der Waals surface area contributed by atoms with Crippen molar-refractivity contribution in [2.45, 2.75) is 50.6 Å². The number of hydrogen-bond acceptors (Lipinski definition) is 5. The number of hydrogen-bond donors (Lipinski definition) is 4. The van der Waals surface area contributed by atoms with Gasteiger partial charge in [0, 0.05) is 12.5 Å². The summed E-state index contributed by atoms with van der Waals surface area (Å²) >= 11 is 12.3. The van der Waals surface area contributed by atoms with Crippen molar-refractivity contribution in [2.75, 3.05) is 6.54 Å². The van der Waals surface area contributed by atoms with E-state index >= 15 is 0 Å². The van der Waals surface area contributed by atoms with Crippen LogP contribution in [0.25, 0.3) is 11.0 Å². The Morgan fingerprint density at radius 3 is 2.61 bits per heavy atom. The number of aromatic nitrogens is 2. The van der Waals surface area contributed by atoms with Gasteiger partial charge in [0.05, 0.1) is 21.6 Å². The highest BCUT2D eigenvalue weighted by atomic mass is 35.5. The summed E-state index contributed by atoms with van der Waals surface area (Å²) in [5.74, 6) is -1.11. The van der Waals surface area contributed by atoms with Crippen LogP contribution < -0.4 is 16.0 Å². The zero-order valence-electron chi connectivity index (χ0n) is 17.8. The van der Waals surface area contributed by atoms with E-state index in [0.717, 1.165) is 19.3 Å². The lowest BCUT2D eigenvalue weighted by molar-refractivity contribution is -0.128. The van der Waals surface area contributed by atoms with Gasteiger partial charge in [-0.2, -0.15) is 5.26 Å². The van der Waals surface area contributed by atoms with Crippen molar-refractivity contribution >= 4 is 52.0 Å². The van der Waals surface area contributed by atoms with Crippen molar-refractivity contribution in [1.82, 2.24) is 25.9 Å². The van der Waals surface area contributed by atoms with Gasteiger partial charge >= 0.3 is 0 Å². The minimum Gasteiger partial charge on any atom is -0.356 e. The maximum atomic E-state index is 13.0. The topological polar surface area (TPSA) is 140 Å². The summed E-state index contributed by atoms with van der Waals surface area (Å²) in [7, 11) is 0. The Hall–Kier alpha value is -2.83. The Morgan fingerprint density at radius 2 is 1.94 bits per heavy atom. The molecular formula is C22H24Cl2N6O3. The van der Waals surface area contributed by atoms with E-state index < -0.39 is 23.9 Å². The van der Waals surface area contributed by atoms with Crippen LogP contribution in [0, 0.1) is 23.2 Å². The number of nitrogens with zero attached hydrogens (tertiary/aromatic N) is 2. The van der Waals surface area contributed by atoms with Crippen LogP contribution in [-0.4, -0.2) is 46.3 Å². The molecule has 2 aromatic rings. The molecule has 4 N–H and O–H groups in total. The van der Waals surface area contributed by atoms with Gasteiger partial charge in [-0.1, -0.05) is 36.0 Å². The fourth-order valence-electron chi connectivity index (χ4n) is 4.04. The number of carbonyl (C=O) groups excluding carboxylic acids is 3. The third-order valence-corrected chi connectivity index (χ3v) is 6.66.